The molecule has 4 rings (SSSR count). The highest BCUT2D eigenvalue weighted by Crippen LogP contribution is 2.36. The van der Waals surface area contributed by atoms with Gasteiger partial charge in [-0.25, -0.2) is 4.98 Å². The Morgan fingerprint density at radius 1 is 0.935 bits per heavy atom. The number of hydrogen-bond acceptors (Lipinski definition) is 5. The number of fused-ring (bicyclic) bond motifs is 1. The number of carbonyl (C=O) groups is 1. The number of benzene rings is 2. The third-order valence-electron chi connectivity index (χ3n) is 4.71. The molecule has 0 fully saturated rings. The quantitative estimate of drug-likeness (QED) is 0.408. The molecule has 2 aromatic carbocycles. The Bertz CT molecular complexity index is 1280. The fourth-order valence-corrected chi connectivity index (χ4v) is 3.62. The summed E-state index contributed by atoms with van der Waals surface area (Å²) in [5.41, 5.74) is 2.95. The summed E-state index contributed by atoms with van der Waals surface area (Å²) >= 11 is 12.4. The van der Waals surface area contributed by atoms with Gasteiger partial charge in [0.2, 0.25) is 0 Å². The molecule has 2 aromatic heterocycles. The van der Waals surface area contributed by atoms with Gasteiger partial charge in [-0.1, -0.05) is 23.2 Å². The molecular weight excluding hydrogens is 437 g/mol. The van der Waals surface area contributed by atoms with E-state index in [1.165, 1.54) is 14.2 Å². The molecule has 0 unspecified atom stereocenters. The summed E-state index contributed by atoms with van der Waals surface area (Å²) in [6.07, 6.45) is 3.35. The molecule has 2 heterocycles. The number of nitrogens with zero attached hydrogens (tertiary/aromatic N) is 2. The molecule has 0 saturated carbocycles. The largest absolute Gasteiger partial charge is 0.495 e. The van der Waals surface area contributed by atoms with Crippen LogP contribution in [-0.2, 0) is 0 Å². The lowest BCUT2D eigenvalue weighted by Crippen LogP contribution is -2.14. The molecule has 6 nitrogen and oxygen atoms in total. The molecule has 31 heavy (non-hydrogen) atoms. The maximum absolute atomic E-state index is 13.3. The van der Waals surface area contributed by atoms with Crippen LogP contribution in [0.5, 0.6) is 11.5 Å². The van der Waals surface area contributed by atoms with Crippen LogP contribution in [0.15, 0.2) is 60.9 Å². The fraction of sp³-hybridized carbons (Fsp3) is 0.0870. The Morgan fingerprint density at radius 2 is 1.68 bits per heavy atom. The first-order chi connectivity index (χ1) is 15.0. The van der Waals surface area contributed by atoms with Crippen molar-refractivity contribution in [2.24, 2.45) is 0 Å². The van der Waals surface area contributed by atoms with Crippen LogP contribution in [0.25, 0.3) is 22.2 Å². The van der Waals surface area contributed by atoms with Gasteiger partial charge < -0.3 is 14.8 Å². The van der Waals surface area contributed by atoms with Crippen molar-refractivity contribution in [1.82, 2.24) is 9.97 Å². The van der Waals surface area contributed by atoms with Crippen LogP contribution in [0.1, 0.15) is 10.4 Å². The lowest BCUT2D eigenvalue weighted by molar-refractivity contribution is 0.102. The van der Waals surface area contributed by atoms with Crippen LogP contribution in [0.4, 0.5) is 5.69 Å². The normalized spacial score (nSPS) is 10.7. The molecule has 0 bridgehead atoms. The molecule has 1 N–H and O–H groups in total. The monoisotopic (exact) mass is 453 g/mol. The molecule has 156 valence electrons. The SMILES string of the molecule is COc1cc(OC)c(NC(=O)c2cc(-c3ccncc3)nc3ccc(Cl)cc23)cc1Cl. The molecule has 0 saturated heterocycles. The number of aromatic nitrogens is 2. The molecular formula is C23H17Cl2N3O3. The number of hydrogen-bond donors (Lipinski definition) is 1. The van der Waals surface area contributed by atoms with Crippen molar-refractivity contribution in [1.29, 1.82) is 0 Å². The third kappa shape index (κ3) is 4.26. The van der Waals surface area contributed by atoms with Crippen molar-refractivity contribution in [2.75, 3.05) is 19.5 Å². The zero-order valence-electron chi connectivity index (χ0n) is 16.6. The molecule has 0 aliphatic rings. The molecule has 1 amide bonds. The lowest BCUT2D eigenvalue weighted by atomic mass is 10.0. The highest BCUT2D eigenvalue weighted by Gasteiger charge is 2.18. The number of pyridine rings is 2. The van der Waals surface area contributed by atoms with E-state index in [0.29, 0.717) is 49.4 Å². The summed E-state index contributed by atoms with van der Waals surface area (Å²) in [7, 11) is 3.01. The van der Waals surface area contributed by atoms with E-state index in [4.69, 9.17) is 32.7 Å². The third-order valence-corrected chi connectivity index (χ3v) is 5.24. The van der Waals surface area contributed by atoms with Crippen LogP contribution in [0.2, 0.25) is 10.0 Å². The van der Waals surface area contributed by atoms with Gasteiger partial charge in [0, 0.05) is 34.4 Å². The van der Waals surface area contributed by atoms with Crippen molar-refractivity contribution >= 4 is 45.7 Å². The van der Waals surface area contributed by atoms with E-state index in [0.717, 1.165) is 5.56 Å². The van der Waals surface area contributed by atoms with E-state index < -0.39 is 0 Å². The van der Waals surface area contributed by atoms with Crippen LogP contribution in [0.3, 0.4) is 0 Å². The Hall–Kier alpha value is -3.35. The summed E-state index contributed by atoms with van der Waals surface area (Å²) in [5.74, 6) is 0.502. The van der Waals surface area contributed by atoms with Crippen LogP contribution in [-0.4, -0.2) is 30.1 Å². The van der Waals surface area contributed by atoms with Gasteiger partial charge in [0.1, 0.15) is 11.5 Å². The standard InChI is InChI=1S/C23H17Cl2N3O3/c1-30-21-12-22(31-2)20(11-17(21)25)28-23(29)16-10-19(13-5-7-26-8-6-13)27-18-4-3-14(24)9-15(16)18/h3-12H,1-2H3,(H,28,29). The average molecular weight is 454 g/mol. The minimum Gasteiger partial charge on any atom is -0.495 e. The van der Waals surface area contributed by atoms with Gasteiger partial charge in [0.15, 0.2) is 0 Å². The van der Waals surface area contributed by atoms with Crippen LogP contribution in [0, 0.1) is 0 Å². The number of carbonyl (C=O) groups excluding carboxylic acids is 1. The first-order valence-corrected chi connectivity index (χ1v) is 9.99. The van der Waals surface area contributed by atoms with E-state index in [2.05, 4.69) is 15.3 Å². The van der Waals surface area contributed by atoms with Gasteiger partial charge in [-0.05, 0) is 42.5 Å². The fourth-order valence-electron chi connectivity index (χ4n) is 3.20. The zero-order valence-corrected chi connectivity index (χ0v) is 18.2. The molecule has 0 aliphatic heterocycles. The first-order valence-electron chi connectivity index (χ1n) is 9.23. The van der Waals surface area contributed by atoms with Gasteiger partial charge in [-0.15, -0.1) is 0 Å². The van der Waals surface area contributed by atoms with E-state index in [1.807, 2.05) is 12.1 Å². The smallest absolute Gasteiger partial charge is 0.256 e. The van der Waals surface area contributed by atoms with Crippen molar-refractivity contribution in [3.63, 3.8) is 0 Å². The van der Waals surface area contributed by atoms with E-state index in [-0.39, 0.29) is 5.91 Å². The minimum absolute atomic E-state index is 0.346. The van der Waals surface area contributed by atoms with E-state index in [9.17, 15) is 4.79 Å². The number of halogens is 2. The minimum atomic E-state index is -0.357. The number of methoxy groups -OCH3 is 2. The van der Waals surface area contributed by atoms with Crippen molar-refractivity contribution in [3.8, 4) is 22.8 Å². The van der Waals surface area contributed by atoms with Crippen LogP contribution < -0.4 is 14.8 Å². The van der Waals surface area contributed by atoms with E-state index in [1.54, 1.807) is 48.8 Å². The van der Waals surface area contributed by atoms with Gasteiger partial charge in [-0.2, -0.15) is 0 Å². The Balaban J connectivity index is 1.82. The molecule has 0 atom stereocenters. The van der Waals surface area contributed by atoms with Gasteiger partial charge in [0.05, 0.1) is 41.7 Å². The Kier molecular flexibility index (Phi) is 5.93. The Morgan fingerprint density at radius 3 is 2.39 bits per heavy atom. The topological polar surface area (TPSA) is 73.3 Å². The second-order valence-electron chi connectivity index (χ2n) is 6.59. The summed E-state index contributed by atoms with van der Waals surface area (Å²) in [6.45, 7) is 0. The second kappa shape index (κ2) is 8.79. The number of amides is 1. The average Bonchev–Trinajstić information content (AvgIpc) is 2.79. The predicted molar refractivity (Wildman–Crippen MR) is 122 cm³/mol. The maximum atomic E-state index is 13.3. The van der Waals surface area contributed by atoms with Crippen LogP contribution >= 0.6 is 23.2 Å². The maximum Gasteiger partial charge on any atom is 0.256 e. The molecule has 0 spiro atoms. The highest BCUT2D eigenvalue weighted by atomic mass is 35.5. The molecule has 0 aliphatic carbocycles. The number of ether oxygens (including phenoxy) is 2. The van der Waals surface area contributed by atoms with Crippen molar-refractivity contribution in [3.05, 3.63) is 76.5 Å². The van der Waals surface area contributed by atoms with Gasteiger partial charge in [0.25, 0.3) is 5.91 Å². The summed E-state index contributed by atoms with van der Waals surface area (Å²) in [6, 6.07) is 13.8. The van der Waals surface area contributed by atoms with Crippen molar-refractivity contribution in [2.45, 2.75) is 0 Å². The Labute approximate surface area is 188 Å². The number of anilines is 1. The van der Waals surface area contributed by atoms with Gasteiger partial charge >= 0.3 is 0 Å². The number of rotatable bonds is 5. The van der Waals surface area contributed by atoms with Crippen molar-refractivity contribution < 1.29 is 14.3 Å². The zero-order chi connectivity index (χ0) is 22.0. The second-order valence-corrected chi connectivity index (χ2v) is 7.44. The predicted octanol–water partition coefficient (Wildman–Crippen LogP) is 5.87. The lowest BCUT2D eigenvalue weighted by Gasteiger charge is -2.14. The highest BCUT2D eigenvalue weighted by molar-refractivity contribution is 6.33. The number of nitrogens with one attached hydrogen (secondary N) is 1. The molecule has 4 aromatic rings. The van der Waals surface area contributed by atoms with E-state index >= 15 is 0 Å². The summed E-state index contributed by atoms with van der Waals surface area (Å²) in [5, 5.41) is 4.35. The summed E-state index contributed by atoms with van der Waals surface area (Å²) < 4.78 is 10.6. The molecule has 8 heteroatoms. The molecule has 0 radical (unpaired) electrons. The summed E-state index contributed by atoms with van der Waals surface area (Å²) in [4.78, 5) is 22.0. The first kappa shape index (κ1) is 20.9. The van der Waals surface area contributed by atoms with Gasteiger partial charge in [-0.3, -0.25) is 9.78 Å².